The second-order valence-corrected chi connectivity index (χ2v) is 6.86. The van der Waals surface area contributed by atoms with E-state index in [4.69, 9.17) is 4.74 Å². The van der Waals surface area contributed by atoms with Crippen LogP contribution in [-0.4, -0.2) is 35.4 Å². The van der Waals surface area contributed by atoms with Crippen molar-refractivity contribution in [2.45, 2.75) is 32.6 Å². The molecule has 1 N–H and O–H groups in total. The van der Waals surface area contributed by atoms with Crippen LogP contribution in [0.3, 0.4) is 0 Å². The van der Waals surface area contributed by atoms with E-state index in [0.717, 1.165) is 37.2 Å². The van der Waals surface area contributed by atoms with Crippen molar-refractivity contribution in [3.05, 3.63) is 47.4 Å². The number of rotatable bonds is 3. The Balaban J connectivity index is 1.65. The summed E-state index contributed by atoms with van der Waals surface area (Å²) >= 11 is 0. The lowest BCUT2D eigenvalue weighted by atomic mass is 9.89. The molecule has 0 saturated carbocycles. The first-order valence-electron chi connectivity index (χ1n) is 8.86. The molecule has 5 heteroatoms. The van der Waals surface area contributed by atoms with Gasteiger partial charge in [0.2, 0.25) is 0 Å². The zero-order valence-electron chi connectivity index (χ0n) is 15.0. The number of hydrogen-bond acceptors (Lipinski definition) is 4. The molecule has 4 rings (SSSR count). The predicted octanol–water partition coefficient (Wildman–Crippen LogP) is 3.97. The zero-order chi connectivity index (χ0) is 17.4. The normalized spacial score (nSPS) is 15.7. The lowest BCUT2D eigenvalue weighted by molar-refractivity contribution is 0.419. The number of nitrogens with one attached hydrogen (secondary N) is 1. The van der Waals surface area contributed by atoms with Gasteiger partial charge in [-0.15, -0.1) is 0 Å². The number of aryl methyl sites for hydroxylation is 2. The lowest BCUT2D eigenvalue weighted by Gasteiger charge is -2.35. The summed E-state index contributed by atoms with van der Waals surface area (Å²) in [5, 5.41) is 8.43. The molecular formula is C20H24N4O. The first-order chi connectivity index (χ1) is 12.2. The highest BCUT2D eigenvalue weighted by Crippen LogP contribution is 2.37. The fourth-order valence-corrected chi connectivity index (χ4v) is 4.05. The Morgan fingerprint density at radius 1 is 1.16 bits per heavy atom. The molecule has 2 aromatic heterocycles. The number of aromatic amines is 1. The van der Waals surface area contributed by atoms with Gasteiger partial charge < -0.3 is 9.64 Å². The fraction of sp³-hybridized carbons (Fsp3) is 0.400. The van der Waals surface area contributed by atoms with Gasteiger partial charge in [-0.3, -0.25) is 10.1 Å². The monoisotopic (exact) mass is 336 g/mol. The standard InChI is InChI=1S/C20H24N4O/c1-13-11-21-19-16(5-4-6-18(19)25-3)20(13)24-9-7-15(8-10-24)17-12-22-23-14(17)2/h4-6,11-12,15H,7-10H2,1-3H3,(H,22,23). The number of H-pyrrole nitrogens is 1. The highest BCUT2D eigenvalue weighted by atomic mass is 16.5. The minimum Gasteiger partial charge on any atom is -0.494 e. The van der Waals surface area contributed by atoms with E-state index in [1.807, 2.05) is 24.5 Å². The van der Waals surface area contributed by atoms with E-state index in [0.29, 0.717) is 5.92 Å². The molecule has 130 valence electrons. The summed E-state index contributed by atoms with van der Waals surface area (Å²) < 4.78 is 5.50. The molecule has 0 atom stereocenters. The van der Waals surface area contributed by atoms with Crippen LogP contribution in [0.4, 0.5) is 5.69 Å². The molecule has 0 unspecified atom stereocenters. The minimum atomic E-state index is 0.595. The second-order valence-electron chi connectivity index (χ2n) is 6.86. The van der Waals surface area contributed by atoms with Crippen molar-refractivity contribution in [3.8, 4) is 5.75 Å². The van der Waals surface area contributed by atoms with Crippen molar-refractivity contribution in [2.75, 3.05) is 25.1 Å². The van der Waals surface area contributed by atoms with Crippen LogP contribution in [0.15, 0.2) is 30.6 Å². The molecule has 1 saturated heterocycles. The molecule has 0 radical (unpaired) electrons. The van der Waals surface area contributed by atoms with Crippen molar-refractivity contribution < 1.29 is 4.74 Å². The van der Waals surface area contributed by atoms with Crippen LogP contribution in [0.2, 0.25) is 0 Å². The van der Waals surface area contributed by atoms with Crippen molar-refractivity contribution in [1.82, 2.24) is 15.2 Å². The number of hydrogen-bond donors (Lipinski definition) is 1. The third-order valence-corrected chi connectivity index (χ3v) is 5.35. The number of methoxy groups -OCH3 is 1. The van der Waals surface area contributed by atoms with Crippen molar-refractivity contribution in [2.24, 2.45) is 0 Å². The highest BCUT2D eigenvalue weighted by molar-refractivity contribution is 5.96. The summed E-state index contributed by atoms with van der Waals surface area (Å²) in [6, 6.07) is 6.18. The van der Waals surface area contributed by atoms with Crippen molar-refractivity contribution in [1.29, 1.82) is 0 Å². The van der Waals surface area contributed by atoms with Gasteiger partial charge in [-0.25, -0.2) is 0 Å². The van der Waals surface area contributed by atoms with Gasteiger partial charge in [-0.2, -0.15) is 5.10 Å². The van der Waals surface area contributed by atoms with E-state index in [1.54, 1.807) is 7.11 Å². The molecule has 1 aliphatic rings. The van der Waals surface area contributed by atoms with Crippen LogP contribution in [0, 0.1) is 13.8 Å². The van der Waals surface area contributed by atoms with Crippen LogP contribution in [0.5, 0.6) is 5.75 Å². The lowest BCUT2D eigenvalue weighted by Crippen LogP contribution is -2.33. The van der Waals surface area contributed by atoms with Gasteiger partial charge in [-0.1, -0.05) is 12.1 Å². The number of pyridine rings is 1. The molecule has 0 amide bonds. The average molecular weight is 336 g/mol. The van der Waals surface area contributed by atoms with E-state index in [9.17, 15) is 0 Å². The van der Waals surface area contributed by atoms with Crippen LogP contribution >= 0.6 is 0 Å². The number of benzene rings is 1. The number of aromatic nitrogens is 3. The maximum Gasteiger partial charge on any atom is 0.145 e. The number of piperidine rings is 1. The van der Waals surface area contributed by atoms with Gasteiger partial charge in [0.15, 0.2) is 0 Å². The number of ether oxygens (including phenoxy) is 1. The number of para-hydroxylation sites is 1. The van der Waals surface area contributed by atoms with Gasteiger partial charge in [0.25, 0.3) is 0 Å². The Bertz CT molecular complexity index is 894. The van der Waals surface area contributed by atoms with E-state index < -0.39 is 0 Å². The summed E-state index contributed by atoms with van der Waals surface area (Å²) in [5.74, 6) is 1.43. The highest BCUT2D eigenvalue weighted by Gasteiger charge is 2.25. The van der Waals surface area contributed by atoms with Crippen LogP contribution < -0.4 is 9.64 Å². The fourth-order valence-electron chi connectivity index (χ4n) is 4.05. The Kier molecular flexibility index (Phi) is 4.07. The summed E-state index contributed by atoms with van der Waals surface area (Å²) in [6.07, 6.45) is 6.25. The number of fused-ring (bicyclic) bond motifs is 1. The molecule has 5 nitrogen and oxygen atoms in total. The number of nitrogens with zero attached hydrogens (tertiary/aromatic N) is 3. The molecule has 3 heterocycles. The molecule has 25 heavy (non-hydrogen) atoms. The zero-order valence-corrected chi connectivity index (χ0v) is 15.0. The molecular weight excluding hydrogens is 312 g/mol. The van der Waals surface area contributed by atoms with Gasteiger partial charge in [0, 0.05) is 30.4 Å². The maximum atomic E-state index is 5.50. The van der Waals surface area contributed by atoms with E-state index >= 15 is 0 Å². The molecule has 0 spiro atoms. The molecule has 3 aromatic rings. The third-order valence-electron chi connectivity index (χ3n) is 5.35. The predicted molar refractivity (Wildman–Crippen MR) is 101 cm³/mol. The number of anilines is 1. The largest absolute Gasteiger partial charge is 0.494 e. The third kappa shape index (κ3) is 2.73. The van der Waals surface area contributed by atoms with E-state index in [2.05, 4.69) is 40.0 Å². The first kappa shape index (κ1) is 15.9. The van der Waals surface area contributed by atoms with Gasteiger partial charge in [-0.05, 0) is 49.8 Å². The van der Waals surface area contributed by atoms with Crippen molar-refractivity contribution in [3.63, 3.8) is 0 Å². The van der Waals surface area contributed by atoms with Gasteiger partial charge in [0.05, 0.1) is 19.0 Å². The summed E-state index contributed by atoms with van der Waals surface area (Å²) in [7, 11) is 1.70. The maximum absolute atomic E-state index is 5.50. The molecule has 0 aliphatic carbocycles. The smallest absolute Gasteiger partial charge is 0.145 e. The quantitative estimate of drug-likeness (QED) is 0.786. The Morgan fingerprint density at radius 3 is 2.64 bits per heavy atom. The minimum absolute atomic E-state index is 0.595. The molecule has 1 fully saturated rings. The molecule has 1 aromatic carbocycles. The van der Waals surface area contributed by atoms with E-state index in [1.165, 1.54) is 27.9 Å². The Labute approximate surface area is 148 Å². The Hall–Kier alpha value is -2.56. The average Bonchev–Trinajstić information content (AvgIpc) is 3.07. The van der Waals surface area contributed by atoms with Gasteiger partial charge >= 0.3 is 0 Å². The van der Waals surface area contributed by atoms with E-state index in [-0.39, 0.29) is 0 Å². The first-order valence-corrected chi connectivity index (χ1v) is 8.86. The van der Waals surface area contributed by atoms with Crippen LogP contribution in [0.1, 0.15) is 35.6 Å². The van der Waals surface area contributed by atoms with Crippen molar-refractivity contribution >= 4 is 16.6 Å². The summed E-state index contributed by atoms with van der Waals surface area (Å²) in [6.45, 7) is 6.36. The van der Waals surface area contributed by atoms with Crippen LogP contribution in [-0.2, 0) is 0 Å². The molecule has 0 bridgehead atoms. The topological polar surface area (TPSA) is 54.0 Å². The SMILES string of the molecule is COc1cccc2c(N3CCC(c4cn[nH]c4C)CC3)c(C)cnc12. The summed E-state index contributed by atoms with van der Waals surface area (Å²) in [4.78, 5) is 7.11. The Morgan fingerprint density at radius 2 is 1.96 bits per heavy atom. The summed E-state index contributed by atoms with van der Waals surface area (Å²) in [5.41, 5.74) is 6.04. The molecule has 1 aliphatic heterocycles. The van der Waals surface area contributed by atoms with Gasteiger partial charge in [0.1, 0.15) is 11.3 Å². The second kappa shape index (κ2) is 6.39. The van der Waals surface area contributed by atoms with Crippen LogP contribution in [0.25, 0.3) is 10.9 Å².